The first kappa shape index (κ1) is 18.4. The molecule has 0 atom stereocenters. The molecule has 0 saturated heterocycles. The van der Waals surface area contributed by atoms with E-state index < -0.39 is 0 Å². The highest BCUT2D eigenvalue weighted by Gasteiger charge is 2.14. The highest BCUT2D eigenvalue weighted by Crippen LogP contribution is 2.23. The van der Waals surface area contributed by atoms with E-state index in [0.717, 1.165) is 27.5 Å². The molecule has 0 aliphatic heterocycles. The molecule has 0 spiro atoms. The quantitative estimate of drug-likeness (QED) is 0.472. The number of nitrogens with two attached hydrogens (primary N) is 1. The third-order valence-corrected chi connectivity index (χ3v) is 4.98. The molecule has 3 aromatic rings. The van der Waals surface area contributed by atoms with Crippen molar-refractivity contribution < 1.29 is 9.18 Å². The van der Waals surface area contributed by atoms with Gasteiger partial charge in [-0.25, -0.2) is 9.07 Å². The fourth-order valence-electron chi connectivity index (χ4n) is 2.28. The van der Waals surface area contributed by atoms with E-state index in [9.17, 15) is 9.18 Å². The predicted molar refractivity (Wildman–Crippen MR) is 104 cm³/mol. The minimum Gasteiger partial charge on any atom is -0.335 e. The molecule has 1 heterocycles. The van der Waals surface area contributed by atoms with Gasteiger partial charge in [0.2, 0.25) is 11.1 Å². The molecule has 0 unspecified atom stereocenters. The Morgan fingerprint density at radius 2 is 2.12 bits per heavy atom. The molecule has 0 radical (unpaired) electrons. The Morgan fingerprint density at radius 3 is 2.85 bits per heavy atom. The summed E-state index contributed by atoms with van der Waals surface area (Å²) in [7, 11) is 0. The van der Waals surface area contributed by atoms with E-state index in [-0.39, 0.29) is 17.5 Å². The van der Waals surface area contributed by atoms with Crippen molar-refractivity contribution in [2.75, 3.05) is 16.9 Å². The molecule has 1 amide bonds. The van der Waals surface area contributed by atoms with Crippen molar-refractivity contribution in [1.29, 1.82) is 0 Å². The van der Waals surface area contributed by atoms with Gasteiger partial charge in [0, 0.05) is 15.7 Å². The molecule has 2 aromatic carbocycles. The van der Waals surface area contributed by atoms with Crippen LogP contribution in [0.3, 0.4) is 0 Å². The molecular weight excluding hydrogens is 421 g/mol. The molecule has 3 N–H and O–H groups in total. The van der Waals surface area contributed by atoms with Gasteiger partial charge >= 0.3 is 0 Å². The first-order chi connectivity index (χ1) is 12.4. The molecule has 26 heavy (non-hydrogen) atoms. The first-order valence-corrected chi connectivity index (χ1v) is 9.37. The second-order valence-electron chi connectivity index (χ2n) is 5.48. The lowest BCUT2D eigenvalue weighted by Crippen LogP contribution is -2.17. The number of nitrogen functional groups attached to an aromatic ring is 1. The lowest BCUT2D eigenvalue weighted by atomic mass is 10.2. The van der Waals surface area contributed by atoms with Crippen LogP contribution >= 0.6 is 27.7 Å². The summed E-state index contributed by atoms with van der Waals surface area (Å²) in [5, 5.41) is 11.2. The van der Waals surface area contributed by atoms with Crippen LogP contribution < -0.4 is 11.2 Å². The molecule has 134 valence electrons. The van der Waals surface area contributed by atoms with Gasteiger partial charge in [0.15, 0.2) is 5.82 Å². The van der Waals surface area contributed by atoms with E-state index >= 15 is 0 Å². The minimum atomic E-state index is -0.385. The van der Waals surface area contributed by atoms with Crippen LogP contribution in [0.1, 0.15) is 5.56 Å². The zero-order valence-corrected chi connectivity index (χ0v) is 16.1. The maximum absolute atomic E-state index is 13.4. The highest BCUT2D eigenvalue weighted by atomic mass is 79.9. The Kier molecular flexibility index (Phi) is 5.58. The van der Waals surface area contributed by atoms with Gasteiger partial charge in [-0.2, -0.15) is 0 Å². The Hall–Kier alpha value is -2.39. The minimum absolute atomic E-state index is 0.119. The summed E-state index contributed by atoms with van der Waals surface area (Å²) in [5.74, 6) is 5.86. The van der Waals surface area contributed by atoms with Crippen LogP contribution in [0.25, 0.3) is 11.4 Å². The summed E-state index contributed by atoms with van der Waals surface area (Å²) in [6.07, 6.45) is 0. The third-order valence-electron chi connectivity index (χ3n) is 3.54. The van der Waals surface area contributed by atoms with E-state index in [1.165, 1.54) is 16.8 Å². The second-order valence-corrected chi connectivity index (χ2v) is 7.34. The predicted octanol–water partition coefficient (Wildman–Crippen LogP) is 3.60. The molecule has 9 heteroatoms. The number of aryl methyl sites for hydroxylation is 1. The molecule has 0 aliphatic rings. The molecular formula is C17H15BrFN5OS. The van der Waals surface area contributed by atoms with Crippen LogP contribution in [-0.2, 0) is 4.79 Å². The van der Waals surface area contributed by atoms with E-state index in [2.05, 4.69) is 31.4 Å². The zero-order chi connectivity index (χ0) is 18.7. The number of benzene rings is 2. The lowest BCUT2D eigenvalue weighted by Gasteiger charge is -2.08. The van der Waals surface area contributed by atoms with Gasteiger partial charge in [-0.05, 0) is 42.8 Å². The van der Waals surface area contributed by atoms with Crippen LogP contribution in [0.2, 0.25) is 0 Å². The molecule has 6 nitrogen and oxygen atoms in total. The van der Waals surface area contributed by atoms with Crippen molar-refractivity contribution in [2.45, 2.75) is 12.1 Å². The summed E-state index contributed by atoms with van der Waals surface area (Å²) < 4.78 is 15.5. The number of carbonyl (C=O) groups is 1. The van der Waals surface area contributed by atoms with Crippen molar-refractivity contribution in [3.63, 3.8) is 0 Å². The van der Waals surface area contributed by atoms with Gasteiger partial charge in [0.25, 0.3) is 0 Å². The van der Waals surface area contributed by atoms with Crippen LogP contribution in [0, 0.1) is 12.7 Å². The molecule has 0 fully saturated rings. The summed E-state index contributed by atoms with van der Waals surface area (Å²) >= 11 is 4.54. The van der Waals surface area contributed by atoms with Gasteiger partial charge in [-0.3, -0.25) is 4.79 Å². The normalized spacial score (nSPS) is 10.7. The number of anilines is 1. The van der Waals surface area contributed by atoms with Crippen molar-refractivity contribution in [2.24, 2.45) is 0 Å². The van der Waals surface area contributed by atoms with Crippen LogP contribution in [0.15, 0.2) is 52.1 Å². The number of carbonyl (C=O) groups excluding carboxylic acids is 1. The van der Waals surface area contributed by atoms with Crippen molar-refractivity contribution in [3.05, 3.63) is 58.3 Å². The molecule has 3 rings (SSSR count). The Labute approximate surface area is 162 Å². The fourth-order valence-corrected chi connectivity index (χ4v) is 3.42. The number of hydrogen-bond donors (Lipinski definition) is 2. The van der Waals surface area contributed by atoms with Gasteiger partial charge < -0.3 is 11.2 Å². The van der Waals surface area contributed by atoms with Gasteiger partial charge in [-0.1, -0.05) is 39.8 Å². The molecule has 0 saturated carbocycles. The van der Waals surface area contributed by atoms with E-state index in [4.69, 9.17) is 5.84 Å². The standard InChI is InChI=1S/C17H15BrFN5OS/c1-10-7-12(18)5-6-14(10)21-15(25)9-26-17-23-22-16(24(17)20)11-3-2-4-13(19)8-11/h2-8H,9,20H2,1H3,(H,21,25). The smallest absolute Gasteiger partial charge is 0.234 e. The molecule has 0 aliphatic carbocycles. The van der Waals surface area contributed by atoms with Crippen LogP contribution in [0.5, 0.6) is 0 Å². The topological polar surface area (TPSA) is 85.8 Å². The van der Waals surface area contributed by atoms with Crippen LogP contribution in [0.4, 0.5) is 10.1 Å². The SMILES string of the molecule is Cc1cc(Br)ccc1NC(=O)CSc1nnc(-c2cccc(F)c2)n1N. The molecule has 0 bridgehead atoms. The van der Waals surface area contributed by atoms with E-state index in [0.29, 0.717) is 16.5 Å². The number of rotatable bonds is 5. The highest BCUT2D eigenvalue weighted by molar-refractivity contribution is 9.10. The Morgan fingerprint density at radius 1 is 1.31 bits per heavy atom. The average molecular weight is 436 g/mol. The van der Waals surface area contributed by atoms with Gasteiger partial charge in [0.1, 0.15) is 5.82 Å². The number of thioether (sulfide) groups is 1. The number of halogens is 2. The Bertz CT molecular complexity index is 962. The van der Waals surface area contributed by atoms with E-state index in [1.807, 2.05) is 25.1 Å². The lowest BCUT2D eigenvalue weighted by molar-refractivity contribution is -0.113. The number of hydrogen-bond acceptors (Lipinski definition) is 5. The van der Waals surface area contributed by atoms with Crippen molar-refractivity contribution in [3.8, 4) is 11.4 Å². The van der Waals surface area contributed by atoms with E-state index in [1.54, 1.807) is 12.1 Å². The number of nitrogens with one attached hydrogen (secondary N) is 1. The number of nitrogens with zero attached hydrogens (tertiary/aromatic N) is 3. The zero-order valence-electron chi connectivity index (χ0n) is 13.7. The monoisotopic (exact) mass is 435 g/mol. The van der Waals surface area contributed by atoms with Crippen molar-refractivity contribution in [1.82, 2.24) is 14.9 Å². The largest absolute Gasteiger partial charge is 0.335 e. The summed E-state index contributed by atoms with van der Waals surface area (Å²) in [6, 6.07) is 11.5. The maximum atomic E-state index is 13.4. The fraction of sp³-hybridized carbons (Fsp3) is 0.118. The molecule has 1 aromatic heterocycles. The van der Waals surface area contributed by atoms with Crippen LogP contribution in [-0.4, -0.2) is 26.5 Å². The Balaban J connectivity index is 1.66. The maximum Gasteiger partial charge on any atom is 0.234 e. The number of aromatic nitrogens is 3. The number of amides is 1. The summed E-state index contributed by atoms with van der Waals surface area (Å²) in [6.45, 7) is 1.91. The van der Waals surface area contributed by atoms with Gasteiger partial charge in [0.05, 0.1) is 5.75 Å². The average Bonchev–Trinajstić information content (AvgIpc) is 2.96. The summed E-state index contributed by atoms with van der Waals surface area (Å²) in [4.78, 5) is 12.2. The second kappa shape index (κ2) is 7.88. The van der Waals surface area contributed by atoms with Crippen molar-refractivity contribution >= 4 is 39.3 Å². The van der Waals surface area contributed by atoms with Gasteiger partial charge in [-0.15, -0.1) is 10.2 Å². The first-order valence-electron chi connectivity index (χ1n) is 7.59. The third kappa shape index (κ3) is 4.23. The summed E-state index contributed by atoms with van der Waals surface area (Å²) in [5.41, 5.74) is 2.21.